The minimum atomic E-state index is -0.0130. The van der Waals surface area contributed by atoms with E-state index in [2.05, 4.69) is 15.5 Å². The number of carbonyl (C=O) groups excluding carboxylic acids is 1. The van der Waals surface area contributed by atoms with Crippen molar-refractivity contribution in [3.05, 3.63) is 65.5 Å². The molecule has 25 heavy (non-hydrogen) atoms. The van der Waals surface area contributed by atoms with E-state index >= 15 is 0 Å². The van der Waals surface area contributed by atoms with Gasteiger partial charge in [0.1, 0.15) is 0 Å². The Morgan fingerprint density at radius 2 is 1.88 bits per heavy atom. The summed E-state index contributed by atoms with van der Waals surface area (Å²) in [6.07, 6.45) is 0.422. The number of para-hydroxylation sites is 1. The van der Waals surface area contributed by atoms with Crippen LogP contribution >= 0.6 is 23.4 Å². The van der Waals surface area contributed by atoms with Crippen LogP contribution in [0.4, 0.5) is 5.69 Å². The zero-order chi connectivity index (χ0) is 17.5. The molecule has 1 aromatic heterocycles. The molecule has 128 valence electrons. The van der Waals surface area contributed by atoms with Gasteiger partial charge in [-0.3, -0.25) is 4.79 Å². The highest BCUT2D eigenvalue weighted by atomic mass is 35.5. The van der Waals surface area contributed by atoms with Crippen molar-refractivity contribution in [2.24, 2.45) is 0 Å². The lowest BCUT2D eigenvalue weighted by Gasteiger charge is -2.04. The molecule has 0 spiro atoms. The molecule has 0 atom stereocenters. The number of aromatic nitrogens is 2. The lowest BCUT2D eigenvalue weighted by molar-refractivity contribution is -0.115. The first-order valence-electron chi connectivity index (χ1n) is 7.72. The molecule has 0 fully saturated rings. The predicted molar refractivity (Wildman–Crippen MR) is 101 cm³/mol. The van der Waals surface area contributed by atoms with Gasteiger partial charge in [-0.15, -0.1) is 0 Å². The van der Waals surface area contributed by atoms with Crippen LogP contribution in [0.5, 0.6) is 0 Å². The molecule has 0 radical (unpaired) electrons. The van der Waals surface area contributed by atoms with E-state index < -0.39 is 0 Å². The molecule has 2 aromatic carbocycles. The maximum absolute atomic E-state index is 11.9. The van der Waals surface area contributed by atoms with E-state index in [1.165, 1.54) is 0 Å². The summed E-state index contributed by atoms with van der Waals surface area (Å²) in [6.45, 7) is 0. The summed E-state index contributed by atoms with van der Waals surface area (Å²) in [5.41, 5.74) is 1.55. The number of hydrogen-bond donors (Lipinski definition) is 1. The summed E-state index contributed by atoms with van der Waals surface area (Å²) in [5, 5.41) is 7.39. The van der Waals surface area contributed by atoms with Crippen LogP contribution in [0.15, 0.2) is 59.1 Å². The molecule has 5 nitrogen and oxygen atoms in total. The minimum Gasteiger partial charge on any atom is -0.338 e. The summed E-state index contributed by atoms with van der Waals surface area (Å²) in [4.78, 5) is 16.2. The number of anilines is 1. The van der Waals surface area contributed by atoms with Crippen LogP contribution in [0.3, 0.4) is 0 Å². The van der Waals surface area contributed by atoms with Crippen LogP contribution in [0.25, 0.3) is 11.4 Å². The van der Waals surface area contributed by atoms with Gasteiger partial charge >= 0.3 is 0 Å². The first-order chi connectivity index (χ1) is 12.2. The van der Waals surface area contributed by atoms with Crippen LogP contribution in [0.2, 0.25) is 5.02 Å². The van der Waals surface area contributed by atoms with Crippen molar-refractivity contribution in [3.8, 4) is 11.4 Å². The molecule has 0 aliphatic rings. The third-order valence-electron chi connectivity index (χ3n) is 3.34. The molecule has 1 N–H and O–H groups in total. The summed E-state index contributed by atoms with van der Waals surface area (Å²) < 4.78 is 5.24. The van der Waals surface area contributed by atoms with Gasteiger partial charge in [0.15, 0.2) is 0 Å². The fourth-order valence-electron chi connectivity index (χ4n) is 2.13. The Balaban J connectivity index is 1.44. The maximum atomic E-state index is 11.9. The van der Waals surface area contributed by atoms with Crippen molar-refractivity contribution < 1.29 is 9.32 Å². The summed E-state index contributed by atoms with van der Waals surface area (Å²) in [7, 11) is 0. The number of thioether (sulfide) groups is 1. The Morgan fingerprint density at radius 1 is 1.12 bits per heavy atom. The number of nitrogens with zero attached hydrogens (tertiary/aromatic N) is 2. The Kier molecular flexibility index (Phi) is 6.09. The fourth-order valence-corrected chi connectivity index (χ4v) is 3.12. The zero-order valence-electron chi connectivity index (χ0n) is 13.3. The predicted octanol–water partition coefficient (Wildman–Crippen LogP) is 4.65. The number of rotatable bonds is 7. The molecule has 1 heterocycles. The Morgan fingerprint density at radius 3 is 2.68 bits per heavy atom. The van der Waals surface area contributed by atoms with Gasteiger partial charge in [-0.05, 0) is 24.3 Å². The van der Waals surface area contributed by atoms with Crippen molar-refractivity contribution in [1.29, 1.82) is 0 Å². The number of amides is 1. The molecule has 1 amide bonds. The summed E-state index contributed by atoms with van der Waals surface area (Å²) in [6, 6.07) is 16.8. The van der Waals surface area contributed by atoms with Gasteiger partial charge in [0, 0.05) is 23.4 Å². The molecule has 0 aliphatic carbocycles. The molecule has 0 bridgehead atoms. The third-order valence-corrected chi connectivity index (χ3v) is 4.61. The standard InChI is InChI=1S/C18H16ClN3O2S/c19-15-9-5-4-8-14(15)18-21-17(24-22-18)12-25-11-10-16(23)20-13-6-2-1-3-7-13/h1-9H,10-12H2,(H,20,23). The Labute approximate surface area is 154 Å². The van der Waals surface area contributed by atoms with Crippen LogP contribution in [0.1, 0.15) is 12.3 Å². The van der Waals surface area contributed by atoms with Crippen molar-refractivity contribution in [3.63, 3.8) is 0 Å². The largest absolute Gasteiger partial charge is 0.338 e. The minimum absolute atomic E-state index is 0.0130. The number of carbonyl (C=O) groups is 1. The van der Waals surface area contributed by atoms with E-state index in [1.54, 1.807) is 17.8 Å². The van der Waals surface area contributed by atoms with Gasteiger partial charge in [0.05, 0.1) is 10.8 Å². The smallest absolute Gasteiger partial charge is 0.236 e. The van der Waals surface area contributed by atoms with E-state index in [4.69, 9.17) is 16.1 Å². The second-order valence-electron chi connectivity index (χ2n) is 5.21. The SMILES string of the molecule is O=C(CCSCc1nc(-c2ccccc2Cl)no1)Nc1ccccc1. The highest BCUT2D eigenvalue weighted by Crippen LogP contribution is 2.25. The maximum Gasteiger partial charge on any atom is 0.236 e. The van der Waals surface area contributed by atoms with Crippen molar-refractivity contribution >= 4 is 35.0 Å². The lowest BCUT2D eigenvalue weighted by atomic mass is 10.2. The summed E-state index contributed by atoms with van der Waals surface area (Å²) >= 11 is 7.69. The average molecular weight is 374 g/mol. The van der Waals surface area contributed by atoms with E-state index in [9.17, 15) is 4.79 Å². The molecular formula is C18H16ClN3O2S. The first kappa shape index (κ1) is 17.5. The molecule has 0 aliphatic heterocycles. The van der Waals surface area contributed by atoms with E-state index in [1.807, 2.05) is 48.5 Å². The molecule has 0 saturated carbocycles. The monoisotopic (exact) mass is 373 g/mol. The normalized spacial score (nSPS) is 10.6. The van der Waals surface area contributed by atoms with Crippen LogP contribution < -0.4 is 5.32 Å². The molecule has 3 aromatic rings. The number of halogens is 1. The van der Waals surface area contributed by atoms with E-state index in [0.29, 0.717) is 34.7 Å². The van der Waals surface area contributed by atoms with E-state index in [-0.39, 0.29) is 5.91 Å². The van der Waals surface area contributed by atoms with Crippen LogP contribution in [0, 0.1) is 0 Å². The van der Waals surface area contributed by atoms with Crippen molar-refractivity contribution in [1.82, 2.24) is 10.1 Å². The van der Waals surface area contributed by atoms with Gasteiger partial charge in [-0.1, -0.05) is 47.1 Å². The zero-order valence-corrected chi connectivity index (χ0v) is 14.9. The van der Waals surface area contributed by atoms with Crippen molar-refractivity contribution in [2.75, 3.05) is 11.1 Å². The van der Waals surface area contributed by atoms with Crippen molar-refractivity contribution in [2.45, 2.75) is 12.2 Å². The Hall–Kier alpha value is -2.31. The number of hydrogen-bond acceptors (Lipinski definition) is 5. The quantitative estimate of drug-likeness (QED) is 0.610. The molecule has 7 heteroatoms. The second kappa shape index (κ2) is 8.69. The van der Waals surface area contributed by atoms with Crippen LogP contribution in [-0.2, 0) is 10.5 Å². The Bertz CT molecular complexity index is 839. The number of nitrogens with one attached hydrogen (secondary N) is 1. The molecule has 0 saturated heterocycles. The molecular weight excluding hydrogens is 358 g/mol. The van der Waals surface area contributed by atoms with Gasteiger partial charge in [-0.2, -0.15) is 16.7 Å². The molecule has 0 unspecified atom stereocenters. The first-order valence-corrected chi connectivity index (χ1v) is 9.26. The van der Waals surface area contributed by atoms with Gasteiger partial charge in [0.25, 0.3) is 0 Å². The van der Waals surface area contributed by atoms with Gasteiger partial charge in [0.2, 0.25) is 17.6 Å². The highest BCUT2D eigenvalue weighted by Gasteiger charge is 2.11. The highest BCUT2D eigenvalue weighted by molar-refractivity contribution is 7.98. The third kappa shape index (κ3) is 5.08. The summed E-state index contributed by atoms with van der Waals surface area (Å²) in [5.74, 6) is 2.20. The second-order valence-corrected chi connectivity index (χ2v) is 6.72. The lowest BCUT2D eigenvalue weighted by Crippen LogP contribution is -2.12. The average Bonchev–Trinajstić information content (AvgIpc) is 3.09. The van der Waals surface area contributed by atoms with Gasteiger partial charge < -0.3 is 9.84 Å². The van der Waals surface area contributed by atoms with Crippen LogP contribution in [-0.4, -0.2) is 21.8 Å². The number of benzene rings is 2. The van der Waals surface area contributed by atoms with Gasteiger partial charge in [-0.25, -0.2) is 0 Å². The topological polar surface area (TPSA) is 68.0 Å². The molecule has 3 rings (SSSR count). The van der Waals surface area contributed by atoms with E-state index in [0.717, 1.165) is 11.3 Å². The fraction of sp³-hybridized carbons (Fsp3) is 0.167.